The fourth-order valence-corrected chi connectivity index (χ4v) is 3.80. The summed E-state index contributed by atoms with van der Waals surface area (Å²) in [4.78, 5) is 9.90. The molecule has 2 atom stereocenters. The summed E-state index contributed by atoms with van der Waals surface area (Å²) in [7, 11) is -4.13. The molecule has 0 aliphatic rings. The Balaban J connectivity index is 2.01. The van der Waals surface area contributed by atoms with Crippen molar-refractivity contribution in [1.82, 2.24) is 9.78 Å². The van der Waals surface area contributed by atoms with Crippen LogP contribution in [0.15, 0.2) is 60.8 Å². The van der Waals surface area contributed by atoms with Crippen LogP contribution in [0.5, 0.6) is 0 Å². The van der Waals surface area contributed by atoms with Gasteiger partial charge >= 0.3 is 7.60 Å². The zero-order valence-corrected chi connectivity index (χ0v) is 16.3. The van der Waals surface area contributed by atoms with Crippen molar-refractivity contribution >= 4 is 19.2 Å². The van der Waals surface area contributed by atoms with E-state index in [0.29, 0.717) is 16.3 Å². The molecule has 0 amide bonds. The molecule has 0 bridgehead atoms. The molecule has 1 heterocycles. The Morgan fingerprint density at radius 1 is 1.19 bits per heavy atom. The minimum atomic E-state index is -4.13. The highest BCUT2D eigenvalue weighted by atomic mass is 35.5. The second kappa shape index (κ2) is 8.38. The Hall–Kier alpha value is -1.95. The van der Waals surface area contributed by atoms with Gasteiger partial charge in [-0.25, -0.2) is 4.68 Å². The predicted molar refractivity (Wildman–Crippen MR) is 105 cm³/mol. The molecule has 3 aromatic rings. The van der Waals surface area contributed by atoms with E-state index in [-0.39, 0.29) is 13.0 Å². The first-order valence-corrected chi connectivity index (χ1v) is 10.5. The third kappa shape index (κ3) is 4.67. The van der Waals surface area contributed by atoms with E-state index >= 15 is 0 Å². The number of para-hydroxylation sites is 1. The van der Waals surface area contributed by atoms with Gasteiger partial charge in [0.1, 0.15) is 0 Å². The van der Waals surface area contributed by atoms with Gasteiger partial charge in [-0.1, -0.05) is 41.9 Å². The van der Waals surface area contributed by atoms with E-state index in [2.05, 4.69) is 5.10 Å². The van der Waals surface area contributed by atoms with Gasteiger partial charge in [-0.05, 0) is 31.2 Å². The van der Waals surface area contributed by atoms with Crippen LogP contribution in [0, 0.1) is 0 Å². The summed E-state index contributed by atoms with van der Waals surface area (Å²) in [6, 6.07) is 16.6. The number of benzene rings is 2. The van der Waals surface area contributed by atoms with E-state index in [4.69, 9.17) is 16.1 Å². The molecule has 8 heteroatoms. The minimum Gasteiger partial charge on any atom is -0.380 e. The largest absolute Gasteiger partial charge is 0.380 e. The molecule has 6 nitrogen and oxygen atoms in total. The Labute approximate surface area is 162 Å². The van der Waals surface area contributed by atoms with E-state index in [0.717, 1.165) is 11.3 Å². The Morgan fingerprint density at radius 2 is 1.85 bits per heavy atom. The molecule has 2 aromatic carbocycles. The lowest BCUT2D eigenvalue weighted by Gasteiger charge is -2.17. The van der Waals surface area contributed by atoms with Gasteiger partial charge < -0.3 is 14.5 Å². The van der Waals surface area contributed by atoms with Gasteiger partial charge in [-0.3, -0.25) is 4.57 Å². The number of aliphatic hydroxyl groups excluding tert-OH is 1. The maximum absolute atomic E-state index is 12.1. The summed E-state index contributed by atoms with van der Waals surface area (Å²) >= 11 is 5.97. The Kier molecular flexibility index (Phi) is 6.15. The van der Waals surface area contributed by atoms with Crippen LogP contribution in [0.2, 0.25) is 5.02 Å². The van der Waals surface area contributed by atoms with Crippen LogP contribution in [0.4, 0.5) is 0 Å². The van der Waals surface area contributed by atoms with Crippen LogP contribution in [0.3, 0.4) is 0 Å². The highest BCUT2D eigenvalue weighted by Crippen LogP contribution is 2.47. The van der Waals surface area contributed by atoms with Crippen molar-refractivity contribution in [3.63, 3.8) is 0 Å². The van der Waals surface area contributed by atoms with Crippen molar-refractivity contribution < 1.29 is 19.1 Å². The summed E-state index contributed by atoms with van der Waals surface area (Å²) in [5.41, 5.74) is 2.86. The van der Waals surface area contributed by atoms with Crippen molar-refractivity contribution in [3.8, 4) is 16.9 Å². The standard InChI is InChI=1S/C19H20ClN2O4P/c1-2-26-27(24,25)18(23)12-15-13-22(17-6-4-3-5-7-17)21-19(15)14-8-10-16(20)11-9-14/h3-11,13,18,23H,2,12H2,1H3,(H,24,25). The van der Waals surface area contributed by atoms with Crippen molar-refractivity contribution in [3.05, 3.63) is 71.4 Å². The van der Waals surface area contributed by atoms with Gasteiger partial charge in [0.15, 0.2) is 5.85 Å². The molecule has 0 spiro atoms. The molecule has 3 rings (SSSR count). The van der Waals surface area contributed by atoms with Crippen LogP contribution in [-0.2, 0) is 15.5 Å². The normalized spacial score (nSPS) is 14.7. The average molecular weight is 407 g/mol. The second-order valence-corrected chi connectivity index (χ2v) is 8.38. The van der Waals surface area contributed by atoms with Crippen LogP contribution in [0.25, 0.3) is 16.9 Å². The van der Waals surface area contributed by atoms with E-state index in [9.17, 15) is 14.6 Å². The second-order valence-electron chi connectivity index (χ2n) is 5.96. The predicted octanol–water partition coefficient (Wildman–Crippen LogP) is 4.28. The highest BCUT2D eigenvalue weighted by Gasteiger charge is 2.31. The third-order valence-corrected chi connectivity index (χ3v) is 5.84. The van der Waals surface area contributed by atoms with Crippen molar-refractivity contribution in [2.24, 2.45) is 0 Å². The Bertz CT molecular complexity index is 944. The monoisotopic (exact) mass is 406 g/mol. The number of halogens is 1. The first-order chi connectivity index (χ1) is 12.9. The number of aliphatic hydroxyl groups is 1. The van der Waals surface area contributed by atoms with Crippen LogP contribution >= 0.6 is 19.2 Å². The van der Waals surface area contributed by atoms with Crippen molar-refractivity contribution in [2.75, 3.05) is 6.61 Å². The number of nitrogens with zero attached hydrogens (tertiary/aromatic N) is 2. The van der Waals surface area contributed by atoms with Crippen molar-refractivity contribution in [1.29, 1.82) is 0 Å². The smallest absolute Gasteiger partial charge is 0.356 e. The molecule has 0 aliphatic carbocycles. The van der Waals surface area contributed by atoms with Gasteiger partial charge in [0.2, 0.25) is 0 Å². The third-order valence-electron chi connectivity index (χ3n) is 4.02. The van der Waals surface area contributed by atoms with Crippen LogP contribution < -0.4 is 0 Å². The van der Waals surface area contributed by atoms with Gasteiger partial charge in [-0.15, -0.1) is 0 Å². The zero-order chi connectivity index (χ0) is 19.4. The van der Waals surface area contributed by atoms with Crippen LogP contribution in [-0.4, -0.2) is 32.2 Å². The van der Waals surface area contributed by atoms with Crippen LogP contribution in [0.1, 0.15) is 12.5 Å². The fourth-order valence-electron chi connectivity index (χ4n) is 2.71. The summed E-state index contributed by atoms with van der Waals surface area (Å²) in [6.45, 7) is 1.64. The molecular weight excluding hydrogens is 387 g/mol. The topological polar surface area (TPSA) is 84.6 Å². The molecule has 2 unspecified atom stereocenters. The molecule has 2 N–H and O–H groups in total. The average Bonchev–Trinajstić information content (AvgIpc) is 3.07. The highest BCUT2D eigenvalue weighted by molar-refractivity contribution is 7.53. The fraction of sp³-hybridized carbons (Fsp3) is 0.211. The lowest BCUT2D eigenvalue weighted by Crippen LogP contribution is -2.13. The SMILES string of the molecule is CCOP(=O)(O)C(O)Cc1cn(-c2ccccc2)nc1-c1ccc(Cl)cc1. The summed E-state index contributed by atoms with van der Waals surface area (Å²) in [6.07, 6.45) is 1.67. The molecule has 0 saturated carbocycles. The van der Waals surface area contributed by atoms with Gasteiger partial charge in [0.05, 0.1) is 18.0 Å². The molecule has 142 valence electrons. The summed E-state index contributed by atoms with van der Waals surface area (Å²) in [5.74, 6) is -1.54. The molecule has 0 saturated heterocycles. The zero-order valence-electron chi connectivity index (χ0n) is 14.7. The molecule has 0 fully saturated rings. The van der Waals surface area contributed by atoms with E-state index < -0.39 is 13.4 Å². The molecule has 1 aromatic heterocycles. The van der Waals surface area contributed by atoms with Crippen molar-refractivity contribution in [2.45, 2.75) is 19.2 Å². The first kappa shape index (κ1) is 19.8. The molecule has 27 heavy (non-hydrogen) atoms. The van der Waals surface area contributed by atoms with E-state index in [1.165, 1.54) is 0 Å². The van der Waals surface area contributed by atoms with Gasteiger partial charge in [0, 0.05) is 28.8 Å². The molecular formula is C19H20ClN2O4P. The Morgan fingerprint density at radius 3 is 2.48 bits per heavy atom. The molecule has 0 aliphatic heterocycles. The summed E-state index contributed by atoms with van der Waals surface area (Å²) in [5, 5.41) is 15.5. The van der Waals surface area contributed by atoms with Gasteiger partial charge in [0.25, 0.3) is 0 Å². The number of hydrogen-bond donors (Lipinski definition) is 2. The number of rotatable bonds is 7. The quantitative estimate of drug-likeness (QED) is 0.572. The number of hydrogen-bond acceptors (Lipinski definition) is 4. The first-order valence-electron chi connectivity index (χ1n) is 8.45. The number of aromatic nitrogens is 2. The van der Waals surface area contributed by atoms with E-state index in [1.807, 2.05) is 42.5 Å². The maximum Gasteiger partial charge on any atom is 0.356 e. The lowest BCUT2D eigenvalue weighted by molar-refractivity contribution is 0.176. The maximum atomic E-state index is 12.1. The minimum absolute atomic E-state index is 0.0398. The van der Waals surface area contributed by atoms with Gasteiger partial charge in [-0.2, -0.15) is 5.10 Å². The molecule has 0 radical (unpaired) electrons. The lowest BCUT2D eigenvalue weighted by atomic mass is 10.1. The summed E-state index contributed by atoms with van der Waals surface area (Å²) < 4.78 is 18.6. The van der Waals surface area contributed by atoms with E-state index in [1.54, 1.807) is 29.9 Å².